The Hall–Kier alpha value is -0.580. The molecule has 0 amide bonds. The van der Waals surface area contributed by atoms with Crippen molar-refractivity contribution in [3.8, 4) is 0 Å². The van der Waals surface area contributed by atoms with Gasteiger partial charge in [-0.3, -0.25) is 0 Å². The Labute approximate surface area is 124 Å². The molecule has 1 unspecified atom stereocenters. The second kappa shape index (κ2) is 6.73. The summed E-state index contributed by atoms with van der Waals surface area (Å²) >= 11 is 3.60. The number of methoxy groups -OCH3 is 1. The highest BCUT2D eigenvalue weighted by Crippen LogP contribution is 2.36. The zero-order valence-corrected chi connectivity index (χ0v) is 13.5. The minimum Gasteiger partial charge on any atom is -0.383 e. The van der Waals surface area contributed by atoms with Gasteiger partial charge in [-0.25, -0.2) is 0 Å². The molecule has 1 N–H and O–H groups in total. The van der Waals surface area contributed by atoms with Crippen LogP contribution in [0.3, 0.4) is 0 Å². The second-order valence-corrected chi connectivity index (χ2v) is 6.05. The van der Waals surface area contributed by atoms with Crippen LogP contribution < -0.4 is 10.2 Å². The fourth-order valence-electron chi connectivity index (χ4n) is 2.36. The van der Waals surface area contributed by atoms with Crippen LogP contribution in [0.2, 0.25) is 0 Å². The van der Waals surface area contributed by atoms with Crippen molar-refractivity contribution in [2.75, 3.05) is 32.2 Å². The van der Waals surface area contributed by atoms with E-state index in [4.69, 9.17) is 4.74 Å². The van der Waals surface area contributed by atoms with E-state index in [9.17, 15) is 0 Å². The lowest BCUT2D eigenvalue weighted by molar-refractivity contribution is 0.205. The third kappa shape index (κ3) is 3.71. The van der Waals surface area contributed by atoms with Gasteiger partial charge in [0.05, 0.1) is 6.61 Å². The van der Waals surface area contributed by atoms with Gasteiger partial charge < -0.3 is 15.0 Å². The van der Waals surface area contributed by atoms with Gasteiger partial charge in [0.2, 0.25) is 0 Å². The monoisotopic (exact) mass is 326 g/mol. The van der Waals surface area contributed by atoms with Gasteiger partial charge in [-0.1, -0.05) is 22.0 Å². The molecule has 1 aliphatic carbocycles. The van der Waals surface area contributed by atoms with E-state index < -0.39 is 0 Å². The predicted octanol–water partition coefficient (Wildman–Crippen LogP) is 3.34. The number of nitrogens with zero attached hydrogens (tertiary/aromatic N) is 1. The van der Waals surface area contributed by atoms with Crippen molar-refractivity contribution >= 4 is 21.6 Å². The summed E-state index contributed by atoms with van der Waals surface area (Å²) in [5.41, 5.74) is 2.68. The van der Waals surface area contributed by atoms with Crippen molar-refractivity contribution in [3.05, 3.63) is 28.2 Å². The molecule has 1 aliphatic rings. The van der Waals surface area contributed by atoms with Gasteiger partial charge in [-0.2, -0.15) is 0 Å². The number of hydrogen-bond acceptors (Lipinski definition) is 3. The van der Waals surface area contributed by atoms with Crippen LogP contribution in [0.4, 0.5) is 5.69 Å². The fraction of sp³-hybridized carbons (Fsp3) is 0.600. The van der Waals surface area contributed by atoms with Crippen molar-refractivity contribution in [2.45, 2.75) is 31.8 Å². The molecule has 4 heteroatoms. The number of halogens is 1. The first-order chi connectivity index (χ1) is 9.17. The summed E-state index contributed by atoms with van der Waals surface area (Å²) < 4.78 is 6.40. The van der Waals surface area contributed by atoms with Crippen LogP contribution in [0.15, 0.2) is 22.7 Å². The molecule has 0 spiro atoms. The van der Waals surface area contributed by atoms with E-state index in [1.54, 1.807) is 7.11 Å². The molecular formula is C15H23BrN2O. The number of hydrogen-bond donors (Lipinski definition) is 1. The zero-order valence-electron chi connectivity index (χ0n) is 11.9. The molecule has 0 heterocycles. The number of rotatable bonds is 7. The fourth-order valence-corrected chi connectivity index (χ4v) is 2.71. The Bertz CT molecular complexity index is 421. The molecule has 0 saturated heterocycles. The summed E-state index contributed by atoms with van der Waals surface area (Å²) in [7, 11) is 3.77. The van der Waals surface area contributed by atoms with Crippen LogP contribution in [-0.2, 0) is 4.74 Å². The smallest absolute Gasteiger partial charge is 0.0637 e. The van der Waals surface area contributed by atoms with E-state index in [-0.39, 0.29) is 0 Å². The summed E-state index contributed by atoms with van der Waals surface area (Å²) in [6.45, 7) is 3.94. The van der Waals surface area contributed by atoms with Crippen LogP contribution in [-0.4, -0.2) is 33.4 Å². The predicted molar refractivity (Wildman–Crippen MR) is 83.9 cm³/mol. The molecule has 0 bridgehead atoms. The average Bonchev–Trinajstić information content (AvgIpc) is 3.23. The Balaban J connectivity index is 2.30. The second-order valence-electron chi connectivity index (χ2n) is 5.13. The maximum Gasteiger partial charge on any atom is 0.0637 e. The number of anilines is 1. The highest BCUT2D eigenvalue weighted by atomic mass is 79.9. The van der Waals surface area contributed by atoms with Crippen LogP contribution >= 0.6 is 15.9 Å². The minimum atomic E-state index is 0.354. The van der Waals surface area contributed by atoms with Gasteiger partial charge >= 0.3 is 0 Å². The van der Waals surface area contributed by atoms with Crippen molar-refractivity contribution in [1.29, 1.82) is 0 Å². The van der Waals surface area contributed by atoms with Gasteiger partial charge in [0.25, 0.3) is 0 Å². The number of ether oxygens (including phenoxy) is 1. The van der Waals surface area contributed by atoms with Crippen LogP contribution in [0.5, 0.6) is 0 Å². The summed E-state index contributed by atoms with van der Waals surface area (Å²) in [5, 5.41) is 3.34. The Morgan fingerprint density at radius 1 is 1.47 bits per heavy atom. The molecule has 0 radical (unpaired) electrons. The molecule has 1 atom stereocenters. The standard InChI is InChI=1S/C15H23BrN2O/c1-11(17-2)14-7-4-12(16)10-15(14)18(8-9-19-3)13-5-6-13/h4,7,10-11,13,17H,5-6,8-9H2,1-3H3. The highest BCUT2D eigenvalue weighted by molar-refractivity contribution is 9.10. The molecule has 0 aliphatic heterocycles. The Kier molecular flexibility index (Phi) is 5.25. The van der Waals surface area contributed by atoms with Gasteiger partial charge in [0.15, 0.2) is 0 Å². The van der Waals surface area contributed by atoms with E-state index in [1.165, 1.54) is 24.1 Å². The molecule has 0 aromatic heterocycles. The molecule has 106 valence electrons. The van der Waals surface area contributed by atoms with Crippen LogP contribution in [0.25, 0.3) is 0 Å². The first-order valence-electron chi connectivity index (χ1n) is 6.89. The van der Waals surface area contributed by atoms with Gasteiger partial charge in [0, 0.05) is 35.9 Å². The molecule has 1 saturated carbocycles. The third-order valence-corrected chi connectivity index (χ3v) is 4.22. The van der Waals surface area contributed by atoms with Gasteiger partial charge in [-0.05, 0) is 44.5 Å². The van der Waals surface area contributed by atoms with Crippen LogP contribution in [0, 0.1) is 0 Å². The Morgan fingerprint density at radius 2 is 2.21 bits per heavy atom. The summed E-state index contributed by atoms with van der Waals surface area (Å²) in [4.78, 5) is 2.50. The van der Waals surface area contributed by atoms with Gasteiger partial charge in [-0.15, -0.1) is 0 Å². The summed E-state index contributed by atoms with van der Waals surface area (Å²) in [5.74, 6) is 0. The molecular weight excluding hydrogens is 304 g/mol. The largest absolute Gasteiger partial charge is 0.383 e. The first kappa shape index (κ1) is 14.8. The normalized spacial score (nSPS) is 16.4. The average molecular weight is 327 g/mol. The topological polar surface area (TPSA) is 24.5 Å². The molecule has 2 rings (SSSR count). The molecule has 19 heavy (non-hydrogen) atoms. The number of nitrogens with one attached hydrogen (secondary N) is 1. The lowest BCUT2D eigenvalue weighted by Gasteiger charge is -2.29. The van der Waals surface area contributed by atoms with Crippen molar-refractivity contribution < 1.29 is 4.74 Å². The van der Waals surface area contributed by atoms with E-state index in [2.05, 4.69) is 51.3 Å². The van der Waals surface area contributed by atoms with Crippen LogP contribution in [0.1, 0.15) is 31.4 Å². The van der Waals surface area contributed by atoms with E-state index in [0.717, 1.165) is 17.6 Å². The van der Waals surface area contributed by atoms with E-state index in [0.29, 0.717) is 12.1 Å². The number of benzene rings is 1. The molecule has 1 fully saturated rings. The minimum absolute atomic E-state index is 0.354. The van der Waals surface area contributed by atoms with Crippen molar-refractivity contribution in [3.63, 3.8) is 0 Å². The maximum atomic E-state index is 5.26. The quantitative estimate of drug-likeness (QED) is 0.831. The van der Waals surface area contributed by atoms with Crippen molar-refractivity contribution in [1.82, 2.24) is 5.32 Å². The van der Waals surface area contributed by atoms with E-state index in [1.807, 2.05) is 7.05 Å². The Morgan fingerprint density at radius 3 is 2.79 bits per heavy atom. The first-order valence-corrected chi connectivity index (χ1v) is 7.69. The van der Waals surface area contributed by atoms with Gasteiger partial charge in [0.1, 0.15) is 0 Å². The lowest BCUT2D eigenvalue weighted by atomic mass is 10.0. The molecule has 1 aromatic carbocycles. The molecule has 3 nitrogen and oxygen atoms in total. The SMILES string of the molecule is CNC(C)c1ccc(Br)cc1N(CCOC)C1CC1. The van der Waals surface area contributed by atoms with Crippen molar-refractivity contribution in [2.24, 2.45) is 0 Å². The van der Waals surface area contributed by atoms with E-state index >= 15 is 0 Å². The maximum absolute atomic E-state index is 5.26. The molecule has 1 aromatic rings. The summed E-state index contributed by atoms with van der Waals surface area (Å²) in [6.07, 6.45) is 2.59. The highest BCUT2D eigenvalue weighted by Gasteiger charge is 2.30. The zero-order chi connectivity index (χ0) is 13.8. The summed E-state index contributed by atoms with van der Waals surface area (Å²) in [6, 6.07) is 7.60. The third-order valence-electron chi connectivity index (χ3n) is 3.73. The lowest BCUT2D eigenvalue weighted by Crippen LogP contribution is -2.31.